The zero-order valence-corrected chi connectivity index (χ0v) is 22.2. The van der Waals surface area contributed by atoms with E-state index >= 15 is 0 Å². The van der Waals surface area contributed by atoms with Crippen molar-refractivity contribution < 1.29 is 9.53 Å². The minimum Gasteiger partial charge on any atom is -0.372 e. The Morgan fingerprint density at radius 3 is 2.17 bits per heavy atom. The molecule has 2 saturated heterocycles. The SMILES string of the molecule is Cc1cc(C)nc(N2CCN(C(=O)CSc3nc4ccccc4nc3N3C[C@@H](C)O[C@@H](C)C3)CC2)n1. The number of carbonyl (C=O) groups excluding carboxylic acids is 1. The topological polar surface area (TPSA) is 87.6 Å². The molecule has 190 valence electrons. The number of piperazine rings is 1. The maximum Gasteiger partial charge on any atom is 0.233 e. The van der Waals surface area contributed by atoms with Crippen LogP contribution in [-0.4, -0.2) is 88.0 Å². The van der Waals surface area contributed by atoms with Gasteiger partial charge < -0.3 is 19.4 Å². The Bertz CT molecular complexity index is 1220. The van der Waals surface area contributed by atoms with E-state index in [0.29, 0.717) is 18.8 Å². The van der Waals surface area contributed by atoms with Crippen LogP contribution < -0.4 is 9.80 Å². The van der Waals surface area contributed by atoms with E-state index in [9.17, 15) is 4.79 Å². The van der Waals surface area contributed by atoms with Crippen molar-refractivity contribution in [2.45, 2.75) is 44.9 Å². The van der Waals surface area contributed by atoms with E-state index in [-0.39, 0.29) is 18.1 Å². The first-order chi connectivity index (χ1) is 17.4. The molecule has 0 spiro atoms. The summed E-state index contributed by atoms with van der Waals surface area (Å²) in [4.78, 5) is 38.5. The Morgan fingerprint density at radius 2 is 1.53 bits per heavy atom. The van der Waals surface area contributed by atoms with Crippen molar-refractivity contribution in [3.8, 4) is 0 Å². The minimum absolute atomic E-state index is 0.110. The highest BCUT2D eigenvalue weighted by atomic mass is 32.2. The normalized spacial score (nSPS) is 20.7. The molecule has 2 atom stereocenters. The number of aromatic nitrogens is 4. The number of thioether (sulfide) groups is 1. The minimum atomic E-state index is 0.110. The van der Waals surface area contributed by atoms with Crippen LogP contribution in [0.2, 0.25) is 0 Å². The van der Waals surface area contributed by atoms with Gasteiger partial charge in [-0.3, -0.25) is 4.79 Å². The van der Waals surface area contributed by atoms with Gasteiger partial charge in [0.1, 0.15) is 5.03 Å². The Morgan fingerprint density at radius 1 is 0.917 bits per heavy atom. The summed E-state index contributed by atoms with van der Waals surface area (Å²) in [6.45, 7) is 12.4. The average molecular weight is 508 g/mol. The van der Waals surface area contributed by atoms with Crippen LogP contribution in [0, 0.1) is 13.8 Å². The van der Waals surface area contributed by atoms with Gasteiger partial charge in [-0.25, -0.2) is 19.9 Å². The number of ether oxygens (including phenoxy) is 1. The van der Waals surface area contributed by atoms with Crippen LogP contribution in [0.4, 0.5) is 11.8 Å². The maximum atomic E-state index is 13.2. The van der Waals surface area contributed by atoms with E-state index in [4.69, 9.17) is 14.7 Å². The zero-order valence-electron chi connectivity index (χ0n) is 21.3. The Balaban J connectivity index is 1.27. The third-order valence-electron chi connectivity index (χ3n) is 6.46. The molecule has 36 heavy (non-hydrogen) atoms. The summed E-state index contributed by atoms with van der Waals surface area (Å²) in [5, 5.41) is 0.797. The van der Waals surface area contributed by atoms with Crippen molar-refractivity contribution >= 4 is 40.5 Å². The molecule has 0 N–H and O–H groups in total. The van der Waals surface area contributed by atoms with Crippen LogP contribution in [0.15, 0.2) is 35.4 Å². The fourth-order valence-corrected chi connectivity index (χ4v) is 5.76. The number of nitrogens with zero attached hydrogens (tertiary/aromatic N) is 7. The summed E-state index contributed by atoms with van der Waals surface area (Å²) in [5.41, 5.74) is 3.62. The number of hydrogen-bond donors (Lipinski definition) is 0. The van der Waals surface area contributed by atoms with Gasteiger partial charge in [0, 0.05) is 50.7 Å². The molecule has 2 aliphatic heterocycles. The number of carbonyl (C=O) groups is 1. The van der Waals surface area contributed by atoms with Gasteiger partial charge in [0.15, 0.2) is 5.82 Å². The second-order valence-electron chi connectivity index (χ2n) is 9.61. The summed E-state index contributed by atoms with van der Waals surface area (Å²) >= 11 is 1.48. The van der Waals surface area contributed by atoms with Crippen LogP contribution >= 0.6 is 11.8 Å². The van der Waals surface area contributed by atoms with Crippen molar-refractivity contribution in [1.82, 2.24) is 24.8 Å². The molecule has 10 heteroatoms. The van der Waals surface area contributed by atoms with E-state index in [0.717, 1.165) is 65.4 Å². The van der Waals surface area contributed by atoms with E-state index in [1.54, 1.807) is 0 Å². The van der Waals surface area contributed by atoms with Gasteiger partial charge in [0.05, 0.1) is 29.0 Å². The van der Waals surface area contributed by atoms with E-state index < -0.39 is 0 Å². The fourth-order valence-electron chi connectivity index (χ4n) is 4.85. The number of aryl methyl sites for hydroxylation is 2. The third kappa shape index (κ3) is 5.54. The molecular weight excluding hydrogens is 474 g/mol. The number of para-hydroxylation sites is 2. The lowest BCUT2D eigenvalue weighted by atomic mass is 10.2. The number of amides is 1. The van der Waals surface area contributed by atoms with Crippen LogP contribution in [0.3, 0.4) is 0 Å². The lowest BCUT2D eigenvalue weighted by Gasteiger charge is -2.36. The smallest absolute Gasteiger partial charge is 0.233 e. The first kappa shape index (κ1) is 24.7. The first-order valence-electron chi connectivity index (χ1n) is 12.5. The highest BCUT2D eigenvalue weighted by molar-refractivity contribution is 8.00. The molecule has 0 aliphatic carbocycles. The predicted octanol–water partition coefficient (Wildman–Crippen LogP) is 3.09. The molecule has 0 bridgehead atoms. The molecule has 9 nitrogen and oxygen atoms in total. The Hall–Kier alpha value is -2.98. The van der Waals surface area contributed by atoms with E-state index in [2.05, 4.69) is 33.6 Å². The summed E-state index contributed by atoms with van der Waals surface area (Å²) in [7, 11) is 0. The van der Waals surface area contributed by atoms with Gasteiger partial charge in [-0.1, -0.05) is 23.9 Å². The van der Waals surface area contributed by atoms with Crippen molar-refractivity contribution in [3.05, 3.63) is 41.7 Å². The van der Waals surface area contributed by atoms with Crippen molar-refractivity contribution in [1.29, 1.82) is 0 Å². The zero-order chi connectivity index (χ0) is 25.2. The maximum absolute atomic E-state index is 13.2. The fraction of sp³-hybridized carbons (Fsp3) is 0.500. The Kier molecular flexibility index (Phi) is 7.25. The van der Waals surface area contributed by atoms with Crippen molar-refractivity contribution in [2.24, 2.45) is 0 Å². The summed E-state index contributed by atoms with van der Waals surface area (Å²) in [6, 6.07) is 9.87. The average Bonchev–Trinajstić information content (AvgIpc) is 2.85. The summed E-state index contributed by atoms with van der Waals surface area (Å²) in [5.74, 6) is 2.03. The lowest BCUT2D eigenvalue weighted by Crippen LogP contribution is -2.50. The quantitative estimate of drug-likeness (QED) is 0.484. The van der Waals surface area contributed by atoms with Gasteiger partial charge in [-0.15, -0.1) is 0 Å². The largest absolute Gasteiger partial charge is 0.372 e. The molecule has 2 fully saturated rings. The van der Waals surface area contributed by atoms with Crippen molar-refractivity contribution in [2.75, 3.05) is 54.8 Å². The standard InChI is InChI=1S/C26H33N7O2S/c1-17-13-18(2)28-26(27-17)32-11-9-31(10-12-32)23(34)16-36-25-24(33-14-19(3)35-20(4)15-33)29-21-7-5-6-8-22(21)30-25/h5-8,13,19-20H,9-12,14-16H2,1-4H3/t19-,20+. The number of fused-ring (bicyclic) bond motifs is 1. The van der Waals surface area contributed by atoms with Gasteiger partial charge in [0.2, 0.25) is 11.9 Å². The van der Waals surface area contributed by atoms with Gasteiger partial charge in [-0.2, -0.15) is 0 Å². The highest BCUT2D eigenvalue weighted by Gasteiger charge is 2.28. The van der Waals surface area contributed by atoms with Gasteiger partial charge in [-0.05, 0) is 45.9 Å². The highest BCUT2D eigenvalue weighted by Crippen LogP contribution is 2.31. The second kappa shape index (κ2) is 10.6. The monoisotopic (exact) mass is 507 g/mol. The molecule has 0 saturated carbocycles. The molecule has 5 rings (SSSR count). The number of rotatable bonds is 5. The third-order valence-corrected chi connectivity index (χ3v) is 7.40. The molecule has 0 unspecified atom stereocenters. The number of anilines is 2. The number of morpholine rings is 1. The molecule has 1 amide bonds. The van der Waals surface area contributed by atoms with Gasteiger partial charge >= 0.3 is 0 Å². The second-order valence-corrected chi connectivity index (χ2v) is 10.6. The predicted molar refractivity (Wildman–Crippen MR) is 143 cm³/mol. The van der Waals surface area contributed by atoms with Crippen LogP contribution in [0.25, 0.3) is 11.0 Å². The molecule has 3 aromatic rings. The first-order valence-corrected chi connectivity index (χ1v) is 13.5. The van der Waals surface area contributed by atoms with Crippen LogP contribution in [0.5, 0.6) is 0 Å². The van der Waals surface area contributed by atoms with Crippen molar-refractivity contribution in [3.63, 3.8) is 0 Å². The van der Waals surface area contributed by atoms with E-state index in [1.807, 2.05) is 49.1 Å². The van der Waals surface area contributed by atoms with Crippen LogP contribution in [-0.2, 0) is 9.53 Å². The summed E-state index contributed by atoms with van der Waals surface area (Å²) < 4.78 is 5.93. The molecule has 2 aliphatic rings. The lowest BCUT2D eigenvalue weighted by molar-refractivity contribution is -0.128. The van der Waals surface area contributed by atoms with E-state index in [1.165, 1.54) is 11.8 Å². The van der Waals surface area contributed by atoms with Gasteiger partial charge in [0.25, 0.3) is 0 Å². The molecule has 0 radical (unpaired) electrons. The number of benzene rings is 1. The molecule has 2 aromatic heterocycles. The molecular formula is C26H33N7O2S. The Labute approximate surface area is 216 Å². The van der Waals surface area contributed by atoms with Crippen LogP contribution in [0.1, 0.15) is 25.2 Å². The number of hydrogen-bond acceptors (Lipinski definition) is 9. The molecule has 4 heterocycles. The summed E-state index contributed by atoms with van der Waals surface area (Å²) in [6.07, 6.45) is 0.220. The molecule has 1 aromatic carbocycles.